The number of rotatable bonds is 2. The van der Waals surface area contributed by atoms with Gasteiger partial charge in [0, 0.05) is 24.8 Å². The van der Waals surface area contributed by atoms with E-state index in [0.717, 1.165) is 5.33 Å². The second kappa shape index (κ2) is 4.56. The average molecular weight is 352 g/mol. The van der Waals surface area contributed by atoms with E-state index >= 15 is 0 Å². The van der Waals surface area contributed by atoms with E-state index in [2.05, 4.69) is 55.6 Å². The van der Waals surface area contributed by atoms with E-state index in [-0.39, 0.29) is 0 Å². The summed E-state index contributed by atoms with van der Waals surface area (Å²) in [6.45, 7) is 0. The lowest BCUT2D eigenvalue weighted by Crippen LogP contribution is -1.85. The van der Waals surface area contributed by atoms with Crippen LogP contribution in [0.15, 0.2) is 26.9 Å². The third-order valence-corrected chi connectivity index (χ3v) is 5.10. The first-order valence-electron chi connectivity index (χ1n) is 4.06. The van der Waals surface area contributed by atoms with Gasteiger partial charge in [0.1, 0.15) is 0 Å². The van der Waals surface area contributed by atoms with E-state index in [1.807, 2.05) is 11.8 Å². The molecular weight excluding hydrogens is 344 g/mol. The summed E-state index contributed by atoms with van der Waals surface area (Å²) in [6, 6.07) is 4.40. The molecule has 0 aliphatic heterocycles. The van der Waals surface area contributed by atoms with Gasteiger partial charge in [-0.15, -0.1) is 23.1 Å². The molecular formula is C10H8Br2S2. The van der Waals surface area contributed by atoms with Crippen molar-refractivity contribution in [3.8, 4) is 0 Å². The topological polar surface area (TPSA) is 0 Å². The minimum Gasteiger partial charge on any atom is -0.144 e. The Morgan fingerprint density at radius 3 is 2.93 bits per heavy atom. The van der Waals surface area contributed by atoms with Crippen LogP contribution in [0.25, 0.3) is 10.1 Å². The van der Waals surface area contributed by atoms with Crippen LogP contribution in [0, 0.1) is 0 Å². The standard InChI is InChI=1S/C10H8Br2S2/c1-13-10-6-2-3-14-9(6)4-8(12)7(10)5-11/h2-4H,5H2,1H3. The maximum atomic E-state index is 3.62. The summed E-state index contributed by atoms with van der Waals surface area (Å²) in [5, 5.41) is 4.42. The Kier molecular flexibility index (Phi) is 3.58. The highest BCUT2D eigenvalue weighted by Crippen LogP contribution is 2.38. The van der Waals surface area contributed by atoms with Crippen molar-refractivity contribution in [1.82, 2.24) is 0 Å². The molecule has 0 saturated heterocycles. The van der Waals surface area contributed by atoms with Crippen molar-refractivity contribution < 1.29 is 0 Å². The second-order valence-corrected chi connectivity index (χ2v) is 6.02. The third kappa shape index (κ3) is 1.77. The maximum absolute atomic E-state index is 3.62. The molecule has 0 fully saturated rings. The SMILES string of the molecule is CSc1c(CBr)c(Br)cc2sccc12. The van der Waals surface area contributed by atoms with Crippen molar-refractivity contribution in [2.24, 2.45) is 0 Å². The van der Waals surface area contributed by atoms with Crippen LogP contribution in [0.4, 0.5) is 0 Å². The summed E-state index contributed by atoms with van der Waals surface area (Å²) in [6.07, 6.45) is 2.13. The monoisotopic (exact) mass is 350 g/mol. The minimum absolute atomic E-state index is 0.898. The van der Waals surface area contributed by atoms with Crippen LogP contribution in [0.1, 0.15) is 5.56 Å². The largest absolute Gasteiger partial charge is 0.144 e. The van der Waals surface area contributed by atoms with Crippen LogP contribution in [0.5, 0.6) is 0 Å². The third-order valence-electron chi connectivity index (χ3n) is 2.10. The molecule has 0 saturated carbocycles. The lowest BCUT2D eigenvalue weighted by molar-refractivity contribution is 1.31. The molecule has 0 radical (unpaired) electrons. The van der Waals surface area contributed by atoms with Crippen LogP contribution in [0.2, 0.25) is 0 Å². The summed E-state index contributed by atoms with van der Waals surface area (Å²) in [5.41, 5.74) is 1.35. The van der Waals surface area contributed by atoms with Crippen molar-refractivity contribution >= 4 is 65.0 Å². The molecule has 0 aliphatic carbocycles. The molecule has 0 spiro atoms. The Bertz CT molecular complexity index is 462. The molecule has 0 atom stereocenters. The lowest BCUT2D eigenvalue weighted by atomic mass is 10.2. The minimum atomic E-state index is 0.898. The van der Waals surface area contributed by atoms with Gasteiger partial charge in [-0.05, 0) is 29.3 Å². The summed E-state index contributed by atoms with van der Waals surface area (Å²) < 4.78 is 2.56. The highest BCUT2D eigenvalue weighted by molar-refractivity contribution is 9.10. The predicted octanol–water partition coefficient (Wildman–Crippen LogP) is 5.28. The Labute approximate surface area is 108 Å². The first-order valence-corrected chi connectivity index (χ1v) is 8.08. The molecule has 0 aliphatic rings. The number of thioether (sulfide) groups is 1. The molecule has 0 bridgehead atoms. The summed E-state index contributed by atoms with van der Waals surface area (Å²) in [4.78, 5) is 1.38. The van der Waals surface area contributed by atoms with Crippen molar-refractivity contribution in [1.29, 1.82) is 0 Å². The molecule has 0 N–H and O–H groups in total. The molecule has 14 heavy (non-hydrogen) atoms. The number of hydrogen-bond donors (Lipinski definition) is 0. The van der Waals surface area contributed by atoms with Gasteiger partial charge < -0.3 is 0 Å². The molecule has 2 rings (SSSR count). The van der Waals surface area contributed by atoms with E-state index in [4.69, 9.17) is 0 Å². The number of halogens is 2. The number of benzene rings is 1. The molecule has 0 unspecified atom stereocenters. The smallest absolute Gasteiger partial charge is 0.0365 e. The highest BCUT2D eigenvalue weighted by Gasteiger charge is 2.10. The predicted molar refractivity (Wildman–Crippen MR) is 73.9 cm³/mol. The van der Waals surface area contributed by atoms with Crippen LogP contribution < -0.4 is 0 Å². The number of thiophene rings is 1. The van der Waals surface area contributed by atoms with Gasteiger partial charge in [0.25, 0.3) is 0 Å². The zero-order chi connectivity index (χ0) is 10.1. The Hall–Kier alpha value is 0.490. The van der Waals surface area contributed by atoms with Crippen molar-refractivity contribution in [3.05, 3.63) is 27.5 Å². The van der Waals surface area contributed by atoms with Gasteiger partial charge in [-0.3, -0.25) is 0 Å². The van der Waals surface area contributed by atoms with Gasteiger partial charge in [-0.2, -0.15) is 0 Å². The quantitative estimate of drug-likeness (QED) is 0.523. The van der Waals surface area contributed by atoms with Crippen LogP contribution >= 0.6 is 55.0 Å². The number of fused-ring (bicyclic) bond motifs is 1. The van der Waals surface area contributed by atoms with Gasteiger partial charge in [0.2, 0.25) is 0 Å². The maximum Gasteiger partial charge on any atom is 0.0365 e. The summed E-state index contributed by atoms with van der Waals surface area (Å²) >= 11 is 10.8. The highest BCUT2D eigenvalue weighted by atomic mass is 79.9. The van der Waals surface area contributed by atoms with Crippen molar-refractivity contribution in [2.45, 2.75) is 10.2 Å². The molecule has 4 heteroatoms. The van der Waals surface area contributed by atoms with Gasteiger partial charge in [0.15, 0.2) is 0 Å². The van der Waals surface area contributed by atoms with E-state index in [0.29, 0.717) is 0 Å². The van der Waals surface area contributed by atoms with Crippen molar-refractivity contribution in [3.63, 3.8) is 0 Å². The molecule has 0 amide bonds. The average Bonchev–Trinajstić information content (AvgIpc) is 2.62. The van der Waals surface area contributed by atoms with Gasteiger partial charge >= 0.3 is 0 Å². The Morgan fingerprint density at radius 1 is 1.50 bits per heavy atom. The molecule has 1 heterocycles. The van der Waals surface area contributed by atoms with Crippen molar-refractivity contribution in [2.75, 3.05) is 6.26 Å². The molecule has 1 aromatic heterocycles. The molecule has 0 nitrogen and oxygen atoms in total. The lowest BCUT2D eigenvalue weighted by Gasteiger charge is -2.08. The Balaban J connectivity index is 2.82. The summed E-state index contributed by atoms with van der Waals surface area (Å²) in [5.74, 6) is 0. The van der Waals surface area contributed by atoms with E-state index in [1.165, 1.54) is 25.0 Å². The zero-order valence-electron chi connectivity index (χ0n) is 7.51. The zero-order valence-corrected chi connectivity index (χ0v) is 12.3. The van der Waals surface area contributed by atoms with E-state index in [9.17, 15) is 0 Å². The first-order chi connectivity index (χ1) is 6.77. The first kappa shape index (κ1) is 11.0. The fourth-order valence-electron chi connectivity index (χ4n) is 1.45. The molecule has 2 aromatic rings. The number of hydrogen-bond acceptors (Lipinski definition) is 2. The van der Waals surface area contributed by atoms with Crippen LogP contribution in [-0.2, 0) is 5.33 Å². The molecule has 1 aromatic carbocycles. The van der Waals surface area contributed by atoms with Crippen LogP contribution in [0.3, 0.4) is 0 Å². The van der Waals surface area contributed by atoms with Gasteiger partial charge in [-0.25, -0.2) is 0 Å². The fraction of sp³-hybridized carbons (Fsp3) is 0.200. The number of alkyl halides is 1. The van der Waals surface area contributed by atoms with Crippen LogP contribution in [-0.4, -0.2) is 6.26 Å². The van der Waals surface area contributed by atoms with Gasteiger partial charge in [0.05, 0.1) is 0 Å². The van der Waals surface area contributed by atoms with E-state index in [1.54, 1.807) is 11.3 Å². The Morgan fingerprint density at radius 2 is 2.29 bits per heavy atom. The van der Waals surface area contributed by atoms with E-state index < -0.39 is 0 Å². The van der Waals surface area contributed by atoms with Gasteiger partial charge in [-0.1, -0.05) is 31.9 Å². The second-order valence-electron chi connectivity index (χ2n) is 2.84. The fourth-order valence-corrected chi connectivity index (χ4v) is 5.17. The molecule has 74 valence electrons. The summed E-state index contributed by atoms with van der Waals surface area (Å²) in [7, 11) is 0. The normalized spacial score (nSPS) is 11.1.